The van der Waals surface area contributed by atoms with E-state index in [1.807, 2.05) is 7.11 Å². The molecule has 21 heavy (non-hydrogen) atoms. The zero-order valence-corrected chi connectivity index (χ0v) is 14.2. The summed E-state index contributed by atoms with van der Waals surface area (Å²) in [6, 6.07) is 7.17. The molecule has 1 aromatic rings. The number of nitrogens with zero attached hydrogens (tertiary/aromatic N) is 1. The highest BCUT2D eigenvalue weighted by Gasteiger charge is 2.31. The van der Waals surface area contributed by atoms with Gasteiger partial charge in [0.1, 0.15) is 0 Å². The van der Waals surface area contributed by atoms with Gasteiger partial charge in [-0.2, -0.15) is 0 Å². The molecule has 0 aliphatic carbocycles. The summed E-state index contributed by atoms with van der Waals surface area (Å²) in [6.07, 6.45) is 2.38. The molecule has 1 heterocycles. The zero-order chi connectivity index (χ0) is 15.5. The van der Waals surface area contributed by atoms with Gasteiger partial charge in [0.2, 0.25) is 0 Å². The van der Waals surface area contributed by atoms with E-state index in [2.05, 4.69) is 56.2 Å². The number of likely N-dealkylation sites (N-methyl/N-ethyl adjacent to an activating group) is 1. The van der Waals surface area contributed by atoms with Gasteiger partial charge in [0, 0.05) is 26.2 Å². The summed E-state index contributed by atoms with van der Waals surface area (Å²) in [7, 11) is 3.89. The molecule has 1 N–H and O–H groups in total. The molecule has 0 radical (unpaired) electrons. The molecule has 0 spiro atoms. The molecule has 2 atom stereocenters. The van der Waals surface area contributed by atoms with Gasteiger partial charge < -0.3 is 10.1 Å². The first kappa shape index (κ1) is 16.5. The summed E-state index contributed by atoms with van der Waals surface area (Å²) in [5.74, 6) is 0. The molecule has 1 aliphatic heterocycles. The van der Waals surface area contributed by atoms with Gasteiger partial charge in [-0.25, -0.2) is 0 Å². The molecule has 0 amide bonds. The maximum Gasteiger partial charge on any atom is 0.0777 e. The van der Waals surface area contributed by atoms with Crippen LogP contribution < -0.4 is 5.32 Å². The van der Waals surface area contributed by atoms with Crippen molar-refractivity contribution in [3.63, 3.8) is 0 Å². The van der Waals surface area contributed by atoms with Gasteiger partial charge in [-0.3, -0.25) is 4.90 Å². The van der Waals surface area contributed by atoms with Crippen LogP contribution in [-0.2, 0) is 4.74 Å². The molecule has 2 unspecified atom stereocenters. The lowest BCUT2D eigenvalue weighted by Gasteiger charge is -2.40. The summed E-state index contributed by atoms with van der Waals surface area (Å²) < 4.78 is 5.70. The van der Waals surface area contributed by atoms with Gasteiger partial charge in [0.15, 0.2) is 0 Å². The minimum Gasteiger partial charge on any atom is -0.377 e. The third kappa shape index (κ3) is 4.06. The van der Waals surface area contributed by atoms with Crippen LogP contribution in [0.2, 0.25) is 0 Å². The van der Waals surface area contributed by atoms with Gasteiger partial charge in [-0.05, 0) is 63.9 Å². The molecule has 3 nitrogen and oxygen atoms in total. The second-order valence-electron chi connectivity index (χ2n) is 6.68. The smallest absolute Gasteiger partial charge is 0.0777 e. The van der Waals surface area contributed by atoms with Crippen molar-refractivity contribution in [3.05, 3.63) is 34.9 Å². The second-order valence-corrected chi connectivity index (χ2v) is 6.68. The van der Waals surface area contributed by atoms with Crippen LogP contribution in [0.1, 0.15) is 42.5 Å². The number of benzene rings is 1. The first-order valence-corrected chi connectivity index (χ1v) is 7.99. The van der Waals surface area contributed by atoms with Gasteiger partial charge in [0.05, 0.1) is 5.60 Å². The Balaban J connectivity index is 2.06. The zero-order valence-electron chi connectivity index (χ0n) is 14.2. The number of piperidine rings is 1. The summed E-state index contributed by atoms with van der Waals surface area (Å²) in [6.45, 7) is 9.81. The highest BCUT2D eigenvalue weighted by atomic mass is 16.5. The topological polar surface area (TPSA) is 24.5 Å². The van der Waals surface area contributed by atoms with Crippen molar-refractivity contribution in [2.75, 3.05) is 33.8 Å². The fourth-order valence-corrected chi connectivity index (χ4v) is 3.23. The molecule has 0 bridgehead atoms. The van der Waals surface area contributed by atoms with Crippen molar-refractivity contribution in [1.29, 1.82) is 0 Å². The van der Waals surface area contributed by atoms with E-state index >= 15 is 0 Å². The molecule has 118 valence electrons. The van der Waals surface area contributed by atoms with Crippen molar-refractivity contribution in [1.82, 2.24) is 10.2 Å². The fourth-order valence-electron chi connectivity index (χ4n) is 3.23. The van der Waals surface area contributed by atoms with E-state index in [9.17, 15) is 0 Å². The second kappa shape index (κ2) is 6.91. The van der Waals surface area contributed by atoms with E-state index in [0.717, 1.165) is 19.5 Å². The molecule has 0 saturated carbocycles. The molecular weight excluding hydrogens is 260 g/mol. The number of rotatable bonds is 5. The Hall–Kier alpha value is -0.900. The quantitative estimate of drug-likeness (QED) is 0.902. The SMILES string of the molecule is CNC(CN1CCCC(C)(OC)C1)c1ccc(C)c(C)c1. The van der Waals surface area contributed by atoms with E-state index in [4.69, 9.17) is 4.74 Å². The summed E-state index contributed by atoms with van der Waals surface area (Å²) >= 11 is 0. The van der Waals surface area contributed by atoms with Crippen LogP contribution in [0, 0.1) is 13.8 Å². The van der Waals surface area contributed by atoms with E-state index < -0.39 is 0 Å². The van der Waals surface area contributed by atoms with Crippen LogP contribution in [0.5, 0.6) is 0 Å². The van der Waals surface area contributed by atoms with Crippen molar-refractivity contribution in [3.8, 4) is 0 Å². The first-order chi connectivity index (χ1) is 9.97. The van der Waals surface area contributed by atoms with E-state index in [0.29, 0.717) is 6.04 Å². The molecule has 2 rings (SSSR count). The lowest BCUT2D eigenvalue weighted by Crippen LogP contribution is -2.49. The Labute approximate surface area is 129 Å². The van der Waals surface area contributed by atoms with Gasteiger partial charge >= 0.3 is 0 Å². The van der Waals surface area contributed by atoms with Gasteiger partial charge in [-0.15, -0.1) is 0 Å². The molecule has 1 saturated heterocycles. The maximum absolute atomic E-state index is 5.70. The molecule has 0 aromatic heterocycles. The van der Waals surface area contributed by atoms with E-state index in [1.165, 1.54) is 29.7 Å². The maximum atomic E-state index is 5.70. The van der Waals surface area contributed by atoms with Crippen LogP contribution >= 0.6 is 0 Å². The van der Waals surface area contributed by atoms with Crippen LogP contribution in [-0.4, -0.2) is 44.3 Å². The largest absolute Gasteiger partial charge is 0.377 e. The summed E-state index contributed by atoms with van der Waals surface area (Å²) in [4.78, 5) is 2.53. The average Bonchev–Trinajstić information content (AvgIpc) is 2.48. The predicted molar refractivity (Wildman–Crippen MR) is 88.8 cm³/mol. The third-order valence-corrected chi connectivity index (χ3v) is 4.95. The Morgan fingerprint density at radius 2 is 2.10 bits per heavy atom. The minimum atomic E-state index is 0.0136. The monoisotopic (exact) mass is 290 g/mol. The number of hydrogen-bond donors (Lipinski definition) is 1. The average molecular weight is 290 g/mol. The Bertz CT molecular complexity index is 474. The third-order valence-electron chi connectivity index (χ3n) is 4.95. The minimum absolute atomic E-state index is 0.0136. The predicted octanol–water partition coefficient (Wildman–Crippen LogP) is 3.06. The van der Waals surface area contributed by atoms with Crippen molar-refractivity contribution < 1.29 is 4.74 Å². The summed E-state index contributed by atoms with van der Waals surface area (Å²) in [5, 5.41) is 3.48. The van der Waals surface area contributed by atoms with Crippen molar-refractivity contribution >= 4 is 0 Å². The number of methoxy groups -OCH3 is 1. The molecule has 1 aliphatic rings. The number of hydrogen-bond acceptors (Lipinski definition) is 3. The highest BCUT2D eigenvalue weighted by molar-refractivity contribution is 5.31. The van der Waals surface area contributed by atoms with Crippen LogP contribution in [0.15, 0.2) is 18.2 Å². The van der Waals surface area contributed by atoms with Crippen LogP contribution in [0.25, 0.3) is 0 Å². The van der Waals surface area contributed by atoms with Crippen LogP contribution in [0.3, 0.4) is 0 Å². The number of likely N-dealkylation sites (tertiary alicyclic amines) is 1. The standard InChI is InChI=1S/C18H30N2O/c1-14-7-8-16(11-15(14)2)17(19-4)12-20-10-6-9-18(3,13-20)21-5/h7-8,11,17,19H,6,9-10,12-13H2,1-5H3. The van der Waals surface area contributed by atoms with E-state index in [-0.39, 0.29) is 5.60 Å². The Morgan fingerprint density at radius 3 is 2.71 bits per heavy atom. The van der Waals surface area contributed by atoms with Crippen molar-refractivity contribution in [2.24, 2.45) is 0 Å². The Kier molecular flexibility index (Phi) is 5.42. The van der Waals surface area contributed by atoms with Gasteiger partial charge in [-0.1, -0.05) is 18.2 Å². The fraction of sp³-hybridized carbons (Fsp3) is 0.667. The Morgan fingerprint density at radius 1 is 1.33 bits per heavy atom. The molecule has 1 aromatic carbocycles. The number of ether oxygens (including phenoxy) is 1. The number of aryl methyl sites for hydroxylation is 2. The van der Waals surface area contributed by atoms with Crippen LogP contribution in [0.4, 0.5) is 0 Å². The molecule has 1 fully saturated rings. The summed E-state index contributed by atoms with van der Waals surface area (Å²) in [5.41, 5.74) is 4.12. The van der Waals surface area contributed by atoms with Gasteiger partial charge in [0.25, 0.3) is 0 Å². The first-order valence-electron chi connectivity index (χ1n) is 7.99. The molecule has 3 heteroatoms. The lowest BCUT2D eigenvalue weighted by molar-refractivity contribution is -0.0522. The lowest BCUT2D eigenvalue weighted by atomic mass is 9.93. The number of nitrogens with one attached hydrogen (secondary N) is 1. The van der Waals surface area contributed by atoms with E-state index in [1.54, 1.807) is 0 Å². The highest BCUT2D eigenvalue weighted by Crippen LogP contribution is 2.26. The normalized spacial score (nSPS) is 25.0. The molecular formula is C18H30N2O. The van der Waals surface area contributed by atoms with Crippen molar-refractivity contribution in [2.45, 2.75) is 45.3 Å².